The lowest BCUT2D eigenvalue weighted by molar-refractivity contribution is -0.135. The first kappa shape index (κ1) is 15.3. The van der Waals surface area contributed by atoms with Gasteiger partial charge in [0, 0.05) is 25.2 Å². The maximum atomic E-state index is 11.9. The number of amides is 2. The minimum absolute atomic E-state index is 0.0259. The van der Waals surface area contributed by atoms with Gasteiger partial charge in [-0.15, -0.1) is 0 Å². The van der Waals surface area contributed by atoms with E-state index in [0.717, 1.165) is 5.56 Å². The molecule has 2 amide bonds. The molecule has 0 aliphatic heterocycles. The van der Waals surface area contributed by atoms with Gasteiger partial charge in [0.05, 0.1) is 0 Å². The van der Waals surface area contributed by atoms with Crippen molar-refractivity contribution in [2.45, 2.75) is 25.6 Å². The summed E-state index contributed by atoms with van der Waals surface area (Å²) < 4.78 is 35.6. The van der Waals surface area contributed by atoms with Crippen molar-refractivity contribution in [3.8, 4) is 0 Å². The zero-order valence-electron chi connectivity index (χ0n) is 10.3. The minimum Gasteiger partial charge on any atom is -0.338 e. The number of hydrogen-bond acceptors (Lipinski definition) is 2. The van der Waals surface area contributed by atoms with Gasteiger partial charge in [-0.05, 0) is 24.1 Å². The van der Waals surface area contributed by atoms with Crippen LogP contribution in [0, 0.1) is 0 Å². The molecule has 0 spiro atoms. The molecule has 0 unspecified atom stereocenters. The van der Waals surface area contributed by atoms with E-state index in [0.29, 0.717) is 12.2 Å². The monoisotopic (exact) mass is 275 g/mol. The summed E-state index contributed by atoms with van der Waals surface area (Å²) in [5.41, 5.74) is 6.86. The third-order valence-corrected chi connectivity index (χ3v) is 2.34. The highest BCUT2D eigenvalue weighted by molar-refractivity contribution is 5.89. The third-order valence-electron chi connectivity index (χ3n) is 2.34. The van der Waals surface area contributed by atoms with Crippen LogP contribution < -0.4 is 16.4 Å². The fraction of sp³-hybridized carbons (Fsp3) is 0.417. The molecule has 0 bridgehead atoms. The molecule has 4 N–H and O–H groups in total. The Labute approximate surface area is 109 Å². The number of benzene rings is 1. The van der Waals surface area contributed by atoms with E-state index in [9.17, 15) is 18.0 Å². The molecule has 0 atom stereocenters. The van der Waals surface area contributed by atoms with Crippen molar-refractivity contribution in [1.82, 2.24) is 5.32 Å². The minimum atomic E-state index is -4.19. The Hall–Kier alpha value is -1.76. The van der Waals surface area contributed by atoms with E-state index in [4.69, 9.17) is 5.73 Å². The zero-order valence-corrected chi connectivity index (χ0v) is 10.3. The van der Waals surface area contributed by atoms with E-state index in [-0.39, 0.29) is 13.0 Å². The van der Waals surface area contributed by atoms with E-state index in [1.807, 2.05) is 6.07 Å². The summed E-state index contributed by atoms with van der Waals surface area (Å²) in [6.45, 7) is 0.324. The number of carbonyl (C=O) groups is 1. The van der Waals surface area contributed by atoms with E-state index in [1.54, 1.807) is 18.2 Å². The molecule has 4 nitrogen and oxygen atoms in total. The molecule has 19 heavy (non-hydrogen) atoms. The van der Waals surface area contributed by atoms with Crippen molar-refractivity contribution >= 4 is 11.7 Å². The Kier molecular flexibility index (Phi) is 5.62. The largest absolute Gasteiger partial charge is 0.389 e. The first-order chi connectivity index (χ1) is 8.90. The molecule has 1 aromatic rings. The summed E-state index contributed by atoms with van der Waals surface area (Å²) in [6, 6.07) is 6.40. The average molecular weight is 275 g/mol. The molecule has 106 valence electrons. The summed E-state index contributed by atoms with van der Waals surface area (Å²) in [4.78, 5) is 11.4. The molecule has 0 saturated carbocycles. The van der Waals surface area contributed by atoms with Gasteiger partial charge in [0.2, 0.25) is 0 Å². The van der Waals surface area contributed by atoms with Crippen LogP contribution in [0.4, 0.5) is 23.7 Å². The molecule has 0 aromatic heterocycles. The fourth-order valence-electron chi connectivity index (χ4n) is 1.44. The SMILES string of the molecule is NCc1cccc(NC(=O)NCCCC(F)(F)F)c1. The Morgan fingerprint density at radius 2 is 2.05 bits per heavy atom. The van der Waals surface area contributed by atoms with Crippen LogP contribution in [-0.2, 0) is 6.54 Å². The van der Waals surface area contributed by atoms with Gasteiger partial charge >= 0.3 is 12.2 Å². The van der Waals surface area contributed by atoms with E-state index in [1.165, 1.54) is 0 Å². The molecule has 0 saturated heterocycles. The van der Waals surface area contributed by atoms with Gasteiger partial charge in [-0.1, -0.05) is 12.1 Å². The van der Waals surface area contributed by atoms with Gasteiger partial charge in [0.1, 0.15) is 0 Å². The van der Waals surface area contributed by atoms with Crippen molar-refractivity contribution < 1.29 is 18.0 Å². The van der Waals surface area contributed by atoms with Crippen molar-refractivity contribution in [2.24, 2.45) is 5.73 Å². The molecule has 7 heteroatoms. The van der Waals surface area contributed by atoms with Crippen molar-refractivity contribution in [2.75, 3.05) is 11.9 Å². The fourth-order valence-corrected chi connectivity index (χ4v) is 1.44. The highest BCUT2D eigenvalue weighted by Gasteiger charge is 2.25. The smallest absolute Gasteiger partial charge is 0.338 e. The molecule has 1 aromatic carbocycles. The van der Waals surface area contributed by atoms with Gasteiger partial charge in [0.15, 0.2) is 0 Å². The molecular formula is C12H16F3N3O. The first-order valence-electron chi connectivity index (χ1n) is 5.81. The molecule has 0 aliphatic rings. The highest BCUT2D eigenvalue weighted by atomic mass is 19.4. The van der Waals surface area contributed by atoms with Crippen LogP contribution in [0.5, 0.6) is 0 Å². The molecule has 0 heterocycles. The number of halogens is 3. The lowest BCUT2D eigenvalue weighted by Crippen LogP contribution is -2.30. The van der Waals surface area contributed by atoms with Crippen LogP contribution in [-0.4, -0.2) is 18.8 Å². The van der Waals surface area contributed by atoms with Gasteiger partial charge < -0.3 is 16.4 Å². The Bertz CT molecular complexity index is 421. The van der Waals surface area contributed by atoms with Crippen molar-refractivity contribution in [3.63, 3.8) is 0 Å². The lowest BCUT2D eigenvalue weighted by Gasteiger charge is -2.09. The maximum Gasteiger partial charge on any atom is 0.389 e. The number of nitrogens with two attached hydrogens (primary N) is 1. The zero-order chi connectivity index (χ0) is 14.3. The summed E-state index contributed by atoms with van der Waals surface area (Å²) >= 11 is 0. The quantitative estimate of drug-likeness (QED) is 0.723. The van der Waals surface area contributed by atoms with Crippen LogP contribution in [0.1, 0.15) is 18.4 Å². The first-order valence-corrected chi connectivity index (χ1v) is 5.81. The van der Waals surface area contributed by atoms with Crippen LogP contribution >= 0.6 is 0 Å². The Morgan fingerprint density at radius 3 is 2.68 bits per heavy atom. The molecule has 0 radical (unpaired) electrons. The number of carbonyl (C=O) groups excluding carboxylic acids is 1. The average Bonchev–Trinajstić information content (AvgIpc) is 2.34. The number of nitrogens with one attached hydrogen (secondary N) is 2. The highest BCUT2D eigenvalue weighted by Crippen LogP contribution is 2.20. The molecule has 0 fully saturated rings. The second kappa shape index (κ2) is 6.98. The van der Waals surface area contributed by atoms with Gasteiger partial charge in [0.25, 0.3) is 0 Å². The van der Waals surface area contributed by atoms with Gasteiger partial charge in [-0.3, -0.25) is 0 Å². The number of hydrogen-bond donors (Lipinski definition) is 3. The number of alkyl halides is 3. The summed E-state index contributed by atoms with van der Waals surface area (Å²) in [5, 5.41) is 4.89. The number of rotatable bonds is 5. The predicted octanol–water partition coefficient (Wildman–Crippen LogP) is 2.61. The van der Waals surface area contributed by atoms with Gasteiger partial charge in [-0.25, -0.2) is 4.79 Å². The number of urea groups is 1. The summed E-state index contributed by atoms with van der Waals surface area (Å²) in [7, 11) is 0. The summed E-state index contributed by atoms with van der Waals surface area (Å²) in [5.74, 6) is 0. The van der Waals surface area contributed by atoms with Crippen molar-refractivity contribution in [3.05, 3.63) is 29.8 Å². The Balaban J connectivity index is 2.31. The van der Waals surface area contributed by atoms with Crippen LogP contribution in [0.15, 0.2) is 24.3 Å². The van der Waals surface area contributed by atoms with Crippen LogP contribution in [0.2, 0.25) is 0 Å². The predicted molar refractivity (Wildman–Crippen MR) is 66.6 cm³/mol. The Morgan fingerprint density at radius 1 is 1.32 bits per heavy atom. The van der Waals surface area contributed by atoms with E-state index >= 15 is 0 Å². The second-order valence-electron chi connectivity index (χ2n) is 4.00. The van der Waals surface area contributed by atoms with Crippen molar-refractivity contribution in [1.29, 1.82) is 0 Å². The normalized spacial score (nSPS) is 11.2. The second-order valence-corrected chi connectivity index (χ2v) is 4.00. The van der Waals surface area contributed by atoms with Gasteiger partial charge in [-0.2, -0.15) is 13.2 Å². The molecule has 1 rings (SSSR count). The van der Waals surface area contributed by atoms with Crippen LogP contribution in [0.3, 0.4) is 0 Å². The van der Waals surface area contributed by atoms with E-state index in [2.05, 4.69) is 10.6 Å². The lowest BCUT2D eigenvalue weighted by atomic mass is 10.2. The topological polar surface area (TPSA) is 67.1 Å². The molecular weight excluding hydrogens is 259 g/mol. The standard InChI is InChI=1S/C12H16F3N3O/c13-12(14,15)5-2-6-17-11(19)18-10-4-1-3-9(7-10)8-16/h1,3-4,7H,2,5-6,8,16H2,(H2,17,18,19). The third kappa shape index (κ3) is 6.66. The molecule has 0 aliphatic carbocycles. The van der Waals surface area contributed by atoms with Crippen LogP contribution in [0.25, 0.3) is 0 Å². The number of anilines is 1. The summed E-state index contributed by atoms with van der Waals surface area (Å²) in [6.07, 6.45) is -5.23. The maximum absolute atomic E-state index is 11.9. The van der Waals surface area contributed by atoms with E-state index < -0.39 is 18.6 Å².